The van der Waals surface area contributed by atoms with E-state index in [1.807, 2.05) is 26.0 Å². The predicted molar refractivity (Wildman–Crippen MR) is 106 cm³/mol. The van der Waals surface area contributed by atoms with E-state index in [1.165, 1.54) is 19.1 Å². The Balaban J connectivity index is 1.53. The average molecular weight is 422 g/mol. The summed E-state index contributed by atoms with van der Waals surface area (Å²) in [6.07, 6.45) is -0.402. The molecule has 8 heteroatoms. The Labute approximate surface area is 172 Å². The van der Waals surface area contributed by atoms with Crippen LogP contribution in [0.2, 0.25) is 5.02 Å². The highest BCUT2D eigenvalue weighted by Crippen LogP contribution is 2.41. The van der Waals surface area contributed by atoms with E-state index in [2.05, 4.69) is 5.32 Å². The lowest BCUT2D eigenvalue weighted by Crippen LogP contribution is -2.32. The average Bonchev–Trinajstić information content (AvgIpc) is 2.96. The fourth-order valence-electron chi connectivity index (χ4n) is 2.95. The van der Waals surface area contributed by atoms with Gasteiger partial charge in [0.05, 0.1) is 5.69 Å². The number of carbonyl (C=O) groups is 2. The van der Waals surface area contributed by atoms with Gasteiger partial charge in [-0.1, -0.05) is 23.7 Å². The van der Waals surface area contributed by atoms with Gasteiger partial charge in [-0.25, -0.2) is 9.18 Å². The second kappa shape index (κ2) is 8.29. The number of hydrogen-bond donors (Lipinski definition) is 1. The fourth-order valence-corrected chi connectivity index (χ4v) is 3.11. The first-order chi connectivity index (χ1) is 13.6. The molecule has 29 heavy (non-hydrogen) atoms. The Hall–Kier alpha value is -2.80. The molecule has 1 aliphatic rings. The Kier molecular flexibility index (Phi) is 5.98. The highest BCUT2D eigenvalue weighted by atomic mass is 35.5. The highest BCUT2D eigenvalue weighted by Gasteiger charge is 2.32. The molecule has 1 atom stereocenters. The summed E-state index contributed by atoms with van der Waals surface area (Å²) in [5.74, 6) is -1.06. The van der Waals surface area contributed by atoms with Crippen LogP contribution in [0, 0.1) is 5.82 Å². The Morgan fingerprint density at radius 2 is 2.07 bits per heavy atom. The molecular weight excluding hydrogens is 401 g/mol. The second-order valence-corrected chi connectivity index (χ2v) is 7.75. The first-order valence-corrected chi connectivity index (χ1v) is 9.41. The van der Waals surface area contributed by atoms with Gasteiger partial charge in [-0.3, -0.25) is 4.79 Å². The van der Waals surface area contributed by atoms with E-state index >= 15 is 0 Å². The Bertz CT molecular complexity index is 947. The van der Waals surface area contributed by atoms with Crippen molar-refractivity contribution in [3.63, 3.8) is 0 Å². The Morgan fingerprint density at radius 3 is 2.79 bits per heavy atom. The van der Waals surface area contributed by atoms with Crippen molar-refractivity contribution in [1.82, 2.24) is 0 Å². The molecule has 2 aromatic rings. The molecule has 3 rings (SSSR count). The number of benzene rings is 2. The SMILES string of the molecule is CC(OC(=O)COc1cccc2c1OC(C)(C)C2)C(=O)Nc1ccc(Cl)cc1F. The van der Waals surface area contributed by atoms with Gasteiger partial charge >= 0.3 is 5.97 Å². The summed E-state index contributed by atoms with van der Waals surface area (Å²) >= 11 is 5.68. The van der Waals surface area contributed by atoms with Crippen molar-refractivity contribution in [2.24, 2.45) is 0 Å². The molecule has 1 N–H and O–H groups in total. The summed E-state index contributed by atoms with van der Waals surface area (Å²) in [7, 11) is 0. The molecule has 0 aliphatic carbocycles. The lowest BCUT2D eigenvalue weighted by molar-refractivity contribution is -0.155. The van der Waals surface area contributed by atoms with Crippen LogP contribution < -0.4 is 14.8 Å². The molecule has 1 amide bonds. The van der Waals surface area contributed by atoms with Crippen LogP contribution in [0.15, 0.2) is 36.4 Å². The largest absolute Gasteiger partial charge is 0.483 e. The predicted octanol–water partition coefficient (Wildman–Crippen LogP) is 4.14. The minimum absolute atomic E-state index is 0.0573. The van der Waals surface area contributed by atoms with Crippen molar-refractivity contribution < 1.29 is 28.2 Å². The van der Waals surface area contributed by atoms with Crippen molar-refractivity contribution in [2.75, 3.05) is 11.9 Å². The van der Waals surface area contributed by atoms with Crippen molar-refractivity contribution in [1.29, 1.82) is 0 Å². The van der Waals surface area contributed by atoms with Gasteiger partial charge in [0.25, 0.3) is 5.91 Å². The maximum atomic E-state index is 13.8. The first-order valence-electron chi connectivity index (χ1n) is 9.04. The molecular formula is C21H21ClFNO5. The van der Waals surface area contributed by atoms with Gasteiger partial charge in [0, 0.05) is 17.0 Å². The molecule has 1 heterocycles. The number of amides is 1. The van der Waals surface area contributed by atoms with Crippen molar-refractivity contribution in [3.05, 3.63) is 52.8 Å². The van der Waals surface area contributed by atoms with Crippen LogP contribution in [-0.4, -0.2) is 30.2 Å². The number of nitrogens with one attached hydrogen (secondary N) is 1. The quantitative estimate of drug-likeness (QED) is 0.709. The summed E-state index contributed by atoms with van der Waals surface area (Å²) in [6, 6.07) is 9.30. The maximum Gasteiger partial charge on any atom is 0.344 e. The molecule has 0 saturated carbocycles. The van der Waals surface area contributed by atoms with E-state index in [4.69, 9.17) is 25.8 Å². The van der Waals surface area contributed by atoms with Crippen LogP contribution in [0.3, 0.4) is 0 Å². The second-order valence-electron chi connectivity index (χ2n) is 7.32. The molecule has 2 aromatic carbocycles. The van der Waals surface area contributed by atoms with Gasteiger partial charge in [-0.05, 0) is 45.0 Å². The lowest BCUT2D eigenvalue weighted by Gasteiger charge is -2.18. The third-order valence-electron chi connectivity index (χ3n) is 4.27. The lowest BCUT2D eigenvalue weighted by atomic mass is 10.0. The molecule has 1 unspecified atom stereocenters. The van der Waals surface area contributed by atoms with Gasteiger partial charge in [-0.15, -0.1) is 0 Å². The van der Waals surface area contributed by atoms with Gasteiger partial charge in [0.2, 0.25) is 0 Å². The van der Waals surface area contributed by atoms with E-state index in [9.17, 15) is 14.0 Å². The summed E-state index contributed by atoms with van der Waals surface area (Å²) < 4.78 is 30.2. The number of anilines is 1. The molecule has 0 bridgehead atoms. The highest BCUT2D eigenvalue weighted by molar-refractivity contribution is 6.30. The zero-order chi connectivity index (χ0) is 21.2. The maximum absolute atomic E-state index is 13.8. The zero-order valence-corrected chi connectivity index (χ0v) is 17.0. The van der Waals surface area contributed by atoms with Gasteiger partial charge in [0.1, 0.15) is 11.4 Å². The number of rotatable bonds is 6. The number of ether oxygens (including phenoxy) is 3. The smallest absolute Gasteiger partial charge is 0.344 e. The van der Waals surface area contributed by atoms with E-state index in [0.29, 0.717) is 11.5 Å². The summed E-state index contributed by atoms with van der Waals surface area (Å²) in [5.41, 5.74) is 0.600. The molecule has 0 fully saturated rings. The fraction of sp³-hybridized carbons (Fsp3) is 0.333. The third kappa shape index (κ3) is 5.17. The van der Waals surface area contributed by atoms with Crippen LogP contribution in [0.4, 0.5) is 10.1 Å². The normalized spacial score (nSPS) is 15.1. The van der Waals surface area contributed by atoms with Crippen molar-refractivity contribution >= 4 is 29.2 Å². The zero-order valence-electron chi connectivity index (χ0n) is 16.3. The molecule has 0 spiro atoms. The number of hydrogen-bond acceptors (Lipinski definition) is 5. The van der Waals surface area contributed by atoms with Crippen molar-refractivity contribution in [3.8, 4) is 11.5 Å². The molecule has 6 nitrogen and oxygen atoms in total. The number of halogens is 2. The van der Waals surface area contributed by atoms with E-state index in [0.717, 1.165) is 18.1 Å². The standard InChI is InChI=1S/C21H21ClFNO5/c1-12(20(26)24-16-8-7-14(22)9-15(16)23)28-18(25)11-27-17-6-4-5-13-10-21(2,3)29-19(13)17/h4-9,12H,10-11H2,1-3H3,(H,24,26). The first kappa shape index (κ1) is 20.9. The van der Waals surface area contributed by atoms with Crippen LogP contribution in [0.1, 0.15) is 26.3 Å². The van der Waals surface area contributed by atoms with E-state index in [-0.39, 0.29) is 16.3 Å². The molecule has 0 saturated heterocycles. The van der Waals surface area contributed by atoms with Gasteiger partial charge in [-0.2, -0.15) is 0 Å². The van der Waals surface area contributed by atoms with E-state index < -0.39 is 30.4 Å². The number of esters is 1. The van der Waals surface area contributed by atoms with Crippen LogP contribution in [0.25, 0.3) is 0 Å². The van der Waals surface area contributed by atoms with Crippen LogP contribution >= 0.6 is 11.6 Å². The monoisotopic (exact) mass is 421 g/mol. The summed E-state index contributed by atoms with van der Waals surface area (Å²) in [6.45, 7) is 4.92. The number of para-hydroxylation sites is 1. The molecule has 0 radical (unpaired) electrons. The van der Waals surface area contributed by atoms with Gasteiger partial charge in [0.15, 0.2) is 24.2 Å². The summed E-state index contributed by atoms with van der Waals surface area (Å²) in [5, 5.41) is 2.55. The molecule has 154 valence electrons. The van der Waals surface area contributed by atoms with Gasteiger partial charge < -0.3 is 19.5 Å². The van der Waals surface area contributed by atoms with Crippen LogP contribution in [0.5, 0.6) is 11.5 Å². The number of carbonyl (C=O) groups excluding carboxylic acids is 2. The summed E-state index contributed by atoms with van der Waals surface area (Å²) in [4.78, 5) is 24.2. The minimum Gasteiger partial charge on any atom is -0.483 e. The number of fused-ring (bicyclic) bond motifs is 1. The van der Waals surface area contributed by atoms with E-state index in [1.54, 1.807) is 6.07 Å². The minimum atomic E-state index is -1.14. The molecule has 1 aliphatic heterocycles. The third-order valence-corrected chi connectivity index (χ3v) is 4.50. The topological polar surface area (TPSA) is 73.9 Å². The Morgan fingerprint density at radius 1 is 1.31 bits per heavy atom. The van der Waals surface area contributed by atoms with Crippen LogP contribution in [-0.2, 0) is 20.7 Å². The van der Waals surface area contributed by atoms with Crippen molar-refractivity contribution in [2.45, 2.75) is 38.9 Å². The molecule has 0 aromatic heterocycles.